The predicted molar refractivity (Wildman–Crippen MR) is 30.9 cm³/mol. The van der Waals surface area contributed by atoms with E-state index in [0.717, 1.165) is 0 Å². The van der Waals surface area contributed by atoms with Crippen LogP contribution in [-0.4, -0.2) is 24.2 Å². The van der Waals surface area contributed by atoms with Gasteiger partial charge in [0, 0.05) is 13.5 Å². The molecule has 2 unspecified atom stereocenters. The van der Waals surface area contributed by atoms with Crippen molar-refractivity contribution in [2.75, 3.05) is 7.11 Å². The lowest BCUT2D eigenvalue weighted by Gasteiger charge is -2.13. The Balaban J connectivity index is 2.57. The molecule has 0 radical (unpaired) electrons. The molecule has 0 aromatic heterocycles. The summed E-state index contributed by atoms with van der Waals surface area (Å²) < 4.78 is 4.66. The Labute approximate surface area is 53.5 Å². The van der Waals surface area contributed by atoms with Gasteiger partial charge in [0.15, 0.2) is 0 Å². The Hall–Kier alpha value is -0.480. The molecule has 1 aliphatic heterocycles. The van der Waals surface area contributed by atoms with Crippen molar-refractivity contribution in [3.05, 3.63) is 0 Å². The molecule has 1 aliphatic rings. The Morgan fingerprint density at radius 3 is 2.67 bits per heavy atom. The molecule has 0 aromatic rings. The minimum atomic E-state index is -1.33. The minimum Gasteiger partial charge on any atom is -0.346 e. The summed E-state index contributed by atoms with van der Waals surface area (Å²) in [6, 6.07) is 0.0787. The molecule has 0 saturated heterocycles. The SMILES string of the molecule is COC1(O)CC(C)N=N1. The summed E-state index contributed by atoms with van der Waals surface area (Å²) in [6.45, 7) is 1.88. The van der Waals surface area contributed by atoms with E-state index in [1.165, 1.54) is 7.11 Å². The van der Waals surface area contributed by atoms with E-state index < -0.39 is 5.91 Å². The summed E-state index contributed by atoms with van der Waals surface area (Å²) in [5, 5.41) is 16.4. The molecule has 1 heterocycles. The van der Waals surface area contributed by atoms with E-state index in [1.54, 1.807) is 0 Å². The number of azo groups is 1. The third kappa shape index (κ3) is 1.25. The summed E-state index contributed by atoms with van der Waals surface area (Å²) in [4.78, 5) is 0. The maximum Gasteiger partial charge on any atom is 0.287 e. The maximum atomic E-state index is 9.19. The average Bonchev–Trinajstić information content (AvgIpc) is 2.13. The van der Waals surface area contributed by atoms with Gasteiger partial charge in [0.05, 0.1) is 6.04 Å². The van der Waals surface area contributed by atoms with Crippen LogP contribution in [0.4, 0.5) is 0 Å². The monoisotopic (exact) mass is 130 g/mol. The molecule has 9 heavy (non-hydrogen) atoms. The van der Waals surface area contributed by atoms with Crippen LogP contribution in [-0.2, 0) is 4.74 Å². The van der Waals surface area contributed by atoms with Gasteiger partial charge >= 0.3 is 0 Å². The molecule has 52 valence electrons. The normalized spacial score (nSPS) is 41.9. The zero-order valence-electron chi connectivity index (χ0n) is 5.53. The Bertz CT molecular complexity index is 137. The second-order valence-electron chi connectivity index (χ2n) is 2.22. The second kappa shape index (κ2) is 2.04. The molecular weight excluding hydrogens is 120 g/mol. The van der Waals surface area contributed by atoms with Crippen molar-refractivity contribution in [1.82, 2.24) is 0 Å². The lowest BCUT2D eigenvalue weighted by Crippen LogP contribution is -2.26. The highest BCUT2D eigenvalue weighted by molar-refractivity contribution is 4.75. The van der Waals surface area contributed by atoms with E-state index in [0.29, 0.717) is 6.42 Å². The van der Waals surface area contributed by atoms with Crippen molar-refractivity contribution in [3.63, 3.8) is 0 Å². The Morgan fingerprint density at radius 1 is 1.78 bits per heavy atom. The summed E-state index contributed by atoms with van der Waals surface area (Å²) in [5.74, 6) is -1.33. The smallest absolute Gasteiger partial charge is 0.287 e. The molecule has 0 fully saturated rings. The molecule has 0 aromatic carbocycles. The van der Waals surface area contributed by atoms with E-state index >= 15 is 0 Å². The van der Waals surface area contributed by atoms with E-state index in [9.17, 15) is 5.11 Å². The van der Waals surface area contributed by atoms with Gasteiger partial charge in [0.25, 0.3) is 5.91 Å². The molecule has 2 atom stereocenters. The van der Waals surface area contributed by atoms with E-state index in [4.69, 9.17) is 0 Å². The first-order valence-electron chi connectivity index (χ1n) is 2.86. The molecule has 4 heteroatoms. The fourth-order valence-electron chi connectivity index (χ4n) is 0.779. The van der Waals surface area contributed by atoms with Crippen LogP contribution in [0.2, 0.25) is 0 Å². The molecule has 0 bridgehead atoms. The third-order valence-corrected chi connectivity index (χ3v) is 1.30. The van der Waals surface area contributed by atoms with Crippen LogP contribution in [0.3, 0.4) is 0 Å². The van der Waals surface area contributed by atoms with Crippen LogP contribution in [0, 0.1) is 0 Å². The van der Waals surface area contributed by atoms with Gasteiger partial charge in [-0.15, -0.1) is 5.11 Å². The molecular formula is C5H10N2O2. The van der Waals surface area contributed by atoms with E-state index in [1.807, 2.05) is 6.92 Å². The van der Waals surface area contributed by atoms with Crippen LogP contribution < -0.4 is 0 Å². The van der Waals surface area contributed by atoms with Gasteiger partial charge in [0.1, 0.15) is 0 Å². The van der Waals surface area contributed by atoms with Crippen LogP contribution >= 0.6 is 0 Å². The molecule has 1 rings (SSSR count). The lowest BCUT2D eigenvalue weighted by atomic mass is 10.2. The van der Waals surface area contributed by atoms with Crippen molar-refractivity contribution in [2.24, 2.45) is 10.2 Å². The summed E-state index contributed by atoms with van der Waals surface area (Å²) in [5.41, 5.74) is 0. The average molecular weight is 130 g/mol. The number of hydrogen-bond donors (Lipinski definition) is 1. The third-order valence-electron chi connectivity index (χ3n) is 1.30. The van der Waals surface area contributed by atoms with Gasteiger partial charge in [-0.25, -0.2) is 0 Å². The summed E-state index contributed by atoms with van der Waals surface area (Å²) in [7, 11) is 1.41. The zero-order chi connectivity index (χ0) is 6.91. The molecule has 4 nitrogen and oxygen atoms in total. The second-order valence-corrected chi connectivity index (χ2v) is 2.22. The highest BCUT2D eigenvalue weighted by atomic mass is 16.6. The number of hydrogen-bond acceptors (Lipinski definition) is 4. The van der Waals surface area contributed by atoms with Crippen molar-refractivity contribution in [2.45, 2.75) is 25.3 Å². The Kier molecular flexibility index (Phi) is 1.50. The van der Waals surface area contributed by atoms with Crippen LogP contribution in [0.25, 0.3) is 0 Å². The number of rotatable bonds is 1. The highest BCUT2D eigenvalue weighted by Gasteiger charge is 2.33. The molecule has 0 saturated carbocycles. The van der Waals surface area contributed by atoms with E-state index in [-0.39, 0.29) is 6.04 Å². The topological polar surface area (TPSA) is 54.2 Å². The van der Waals surface area contributed by atoms with Crippen molar-refractivity contribution in [3.8, 4) is 0 Å². The standard InChI is InChI=1S/C5H10N2O2/c1-4-3-5(8,9-2)7-6-4/h4,8H,3H2,1-2H3. The number of methoxy groups -OCH3 is 1. The van der Waals surface area contributed by atoms with Gasteiger partial charge in [-0.05, 0) is 6.92 Å². The fraction of sp³-hybridized carbons (Fsp3) is 1.00. The largest absolute Gasteiger partial charge is 0.346 e. The lowest BCUT2D eigenvalue weighted by molar-refractivity contribution is -0.177. The first-order chi connectivity index (χ1) is 4.16. The number of nitrogens with zero attached hydrogens (tertiary/aromatic N) is 2. The molecule has 1 N–H and O–H groups in total. The molecule has 0 amide bonds. The summed E-state index contributed by atoms with van der Waals surface area (Å²) in [6.07, 6.45) is 0.462. The van der Waals surface area contributed by atoms with Crippen LogP contribution in [0.15, 0.2) is 10.2 Å². The van der Waals surface area contributed by atoms with Crippen molar-refractivity contribution in [1.29, 1.82) is 0 Å². The first kappa shape index (κ1) is 6.64. The zero-order valence-corrected chi connectivity index (χ0v) is 5.53. The van der Waals surface area contributed by atoms with E-state index in [2.05, 4.69) is 15.0 Å². The van der Waals surface area contributed by atoms with Gasteiger partial charge < -0.3 is 9.84 Å². The van der Waals surface area contributed by atoms with Gasteiger partial charge in [0.2, 0.25) is 0 Å². The number of ether oxygens (including phenoxy) is 1. The quantitative estimate of drug-likeness (QED) is 0.526. The van der Waals surface area contributed by atoms with Crippen molar-refractivity contribution < 1.29 is 9.84 Å². The fourth-order valence-corrected chi connectivity index (χ4v) is 0.779. The number of aliphatic hydroxyl groups is 1. The minimum absolute atomic E-state index is 0.0787. The van der Waals surface area contributed by atoms with Crippen LogP contribution in [0.1, 0.15) is 13.3 Å². The summed E-state index contributed by atoms with van der Waals surface area (Å²) >= 11 is 0. The predicted octanol–water partition coefficient (Wildman–Crippen LogP) is 0.523. The highest BCUT2D eigenvalue weighted by Crippen LogP contribution is 2.24. The van der Waals surface area contributed by atoms with Gasteiger partial charge in [-0.1, -0.05) is 0 Å². The molecule has 0 spiro atoms. The Morgan fingerprint density at radius 2 is 2.44 bits per heavy atom. The molecule has 0 aliphatic carbocycles. The van der Waals surface area contributed by atoms with Gasteiger partial charge in [-0.2, -0.15) is 5.11 Å². The maximum absolute atomic E-state index is 9.19. The van der Waals surface area contributed by atoms with Gasteiger partial charge in [-0.3, -0.25) is 0 Å². The van der Waals surface area contributed by atoms with Crippen LogP contribution in [0.5, 0.6) is 0 Å². The van der Waals surface area contributed by atoms with Crippen molar-refractivity contribution >= 4 is 0 Å². The first-order valence-corrected chi connectivity index (χ1v) is 2.86.